The molecule has 7 rings (SSSR count). The molecule has 0 unspecified atom stereocenters. The molecule has 1 aliphatic heterocycles. The summed E-state index contributed by atoms with van der Waals surface area (Å²) in [4.78, 5) is 21.4. The number of hydrogen-bond acceptors (Lipinski definition) is 8. The zero-order valence-electron chi connectivity index (χ0n) is 26.9. The maximum Gasteiger partial charge on any atom is 0.320 e. The number of nitrogens with zero attached hydrogens (tertiary/aromatic N) is 5. The van der Waals surface area contributed by atoms with Crippen molar-refractivity contribution in [1.82, 2.24) is 29.4 Å². The number of hydrogen-bond donors (Lipinski definition) is 3. The number of thioether (sulfide) groups is 1. The van der Waals surface area contributed by atoms with Gasteiger partial charge in [0.25, 0.3) is 0 Å². The molecular formula is C35H36ClN7O3S2. The summed E-state index contributed by atoms with van der Waals surface area (Å²) in [6.45, 7) is 9.48. The average Bonchev–Trinajstić information content (AvgIpc) is 3.77. The maximum absolute atomic E-state index is 13.2. The third-order valence-corrected chi connectivity index (χ3v) is 10.5. The molecule has 6 aromatic rings. The molecule has 48 heavy (non-hydrogen) atoms. The second-order valence-electron chi connectivity index (χ2n) is 12.7. The van der Waals surface area contributed by atoms with Crippen molar-refractivity contribution in [1.29, 1.82) is 0 Å². The monoisotopic (exact) mass is 701 g/mol. The van der Waals surface area contributed by atoms with E-state index in [2.05, 4.69) is 32.1 Å². The summed E-state index contributed by atoms with van der Waals surface area (Å²) in [5, 5.41) is 20.7. The van der Waals surface area contributed by atoms with Crippen molar-refractivity contribution >= 4 is 61.7 Å². The van der Waals surface area contributed by atoms with Gasteiger partial charge in [-0.1, -0.05) is 61.9 Å². The number of thiazole rings is 1. The highest BCUT2D eigenvalue weighted by Gasteiger charge is 2.22. The Balaban J connectivity index is 1.06. The number of halogens is 1. The first-order valence-electron chi connectivity index (χ1n) is 15.7. The van der Waals surface area contributed by atoms with Crippen LogP contribution in [0.2, 0.25) is 5.02 Å². The van der Waals surface area contributed by atoms with Gasteiger partial charge in [0.2, 0.25) is 0 Å². The first kappa shape index (κ1) is 32.3. The van der Waals surface area contributed by atoms with E-state index in [1.54, 1.807) is 28.2 Å². The fourth-order valence-electron chi connectivity index (χ4n) is 5.59. The van der Waals surface area contributed by atoms with Crippen LogP contribution in [0, 0.1) is 0 Å². The van der Waals surface area contributed by atoms with Crippen LogP contribution in [0.4, 0.5) is 10.6 Å². The number of anilines is 1. The number of urea groups is 1. The van der Waals surface area contributed by atoms with E-state index in [1.807, 2.05) is 75.1 Å². The van der Waals surface area contributed by atoms with Crippen LogP contribution >= 0.6 is 34.7 Å². The number of ether oxygens (including phenoxy) is 1. The molecule has 1 fully saturated rings. The van der Waals surface area contributed by atoms with Crippen LogP contribution in [-0.2, 0) is 18.5 Å². The average molecular weight is 702 g/mol. The molecule has 0 saturated carbocycles. The van der Waals surface area contributed by atoms with Gasteiger partial charge < -0.3 is 15.2 Å². The summed E-state index contributed by atoms with van der Waals surface area (Å²) in [5.74, 6) is 4.16. The van der Waals surface area contributed by atoms with Crippen LogP contribution in [-0.4, -0.2) is 59.8 Å². The Hall–Kier alpha value is -4.23. The number of phenols is 1. The first-order chi connectivity index (χ1) is 23.1. The lowest BCUT2D eigenvalue weighted by Crippen LogP contribution is -2.32. The second kappa shape index (κ2) is 13.3. The summed E-state index contributed by atoms with van der Waals surface area (Å²) in [5.41, 5.74) is 4.28. The van der Waals surface area contributed by atoms with E-state index < -0.39 is 6.03 Å². The Kier molecular flexibility index (Phi) is 8.99. The van der Waals surface area contributed by atoms with Crippen LogP contribution in [0.25, 0.3) is 20.9 Å². The second-order valence-corrected chi connectivity index (χ2v) is 15.4. The number of nitrogens with one attached hydrogen (secondary N) is 2. The number of fused-ring (bicyclic) bond motifs is 3. The third kappa shape index (κ3) is 6.84. The topological polar surface area (TPSA) is 109 Å². The molecule has 4 heterocycles. The lowest BCUT2D eigenvalue weighted by atomic mass is 9.92. The number of imidazole rings is 1. The number of aromatic hydroxyl groups is 1. The van der Waals surface area contributed by atoms with Gasteiger partial charge in [0.1, 0.15) is 23.1 Å². The van der Waals surface area contributed by atoms with E-state index in [0.717, 1.165) is 46.1 Å². The van der Waals surface area contributed by atoms with Gasteiger partial charge in [-0.3, -0.25) is 14.6 Å². The van der Waals surface area contributed by atoms with Gasteiger partial charge in [-0.25, -0.2) is 14.5 Å². The Bertz CT molecular complexity index is 2110. The minimum Gasteiger partial charge on any atom is -0.506 e. The Labute approximate surface area is 291 Å². The van der Waals surface area contributed by atoms with Gasteiger partial charge in [0, 0.05) is 60.8 Å². The van der Waals surface area contributed by atoms with Crippen molar-refractivity contribution in [2.75, 3.05) is 29.9 Å². The number of amides is 2. The van der Waals surface area contributed by atoms with Crippen molar-refractivity contribution in [3.8, 4) is 22.9 Å². The number of carbonyl (C=O) groups is 1. The van der Waals surface area contributed by atoms with Gasteiger partial charge in [-0.2, -0.15) is 16.9 Å². The quantitative estimate of drug-likeness (QED) is 0.147. The number of rotatable bonds is 8. The Morgan fingerprint density at radius 1 is 1.06 bits per heavy atom. The molecule has 3 aromatic heterocycles. The van der Waals surface area contributed by atoms with Gasteiger partial charge in [0.05, 0.1) is 38.5 Å². The Morgan fingerprint density at radius 3 is 2.67 bits per heavy atom. The van der Waals surface area contributed by atoms with Crippen molar-refractivity contribution in [3.05, 3.63) is 94.9 Å². The van der Waals surface area contributed by atoms with E-state index in [-0.39, 0.29) is 22.7 Å². The lowest BCUT2D eigenvalue weighted by molar-refractivity contribution is 0.251. The predicted molar refractivity (Wildman–Crippen MR) is 194 cm³/mol. The lowest BCUT2D eigenvalue weighted by Gasteiger charge is -2.25. The van der Waals surface area contributed by atoms with Crippen LogP contribution in [0.15, 0.2) is 72.9 Å². The predicted octanol–water partition coefficient (Wildman–Crippen LogP) is 8.05. The fraction of sp³-hybridized carbons (Fsp3) is 0.286. The standard InChI is InChI=1S/C35H36ClN7O3S2/c1-35(2,3)31-18-32(43(40-31)23-8-11-28(44)26(36)16-23)39-33(45)37-19-22-6-4-5-7-29(22)46-25-9-10-27-30(17-25)48-34-38-20-24(42(27)34)21-41-12-14-47-15-13-41/h4-11,16-18,20,44H,12-15,19,21H2,1-3H3,(H2,37,39,45). The van der Waals surface area contributed by atoms with Crippen LogP contribution in [0.1, 0.15) is 37.7 Å². The third-order valence-electron chi connectivity index (χ3n) is 8.20. The largest absolute Gasteiger partial charge is 0.506 e. The molecule has 1 saturated heterocycles. The number of benzene rings is 3. The SMILES string of the molecule is CC(C)(C)c1cc(NC(=O)NCc2ccccc2Oc2ccc3c(c2)sc2ncc(CN4CCSCC4)n23)n(-c2ccc(O)c(Cl)c2)n1. The van der Waals surface area contributed by atoms with E-state index in [4.69, 9.17) is 26.4 Å². The molecule has 248 valence electrons. The molecule has 10 nitrogen and oxygen atoms in total. The van der Waals surface area contributed by atoms with E-state index in [9.17, 15) is 9.90 Å². The van der Waals surface area contributed by atoms with Gasteiger partial charge >= 0.3 is 6.03 Å². The zero-order valence-corrected chi connectivity index (χ0v) is 29.3. The molecule has 0 spiro atoms. The number of carbonyl (C=O) groups excluding carboxylic acids is 1. The van der Waals surface area contributed by atoms with Crippen LogP contribution in [0.3, 0.4) is 0 Å². The maximum atomic E-state index is 13.2. The van der Waals surface area contributed by atoms with Crippen molar-refractivity contribution < 1.29 is 14.6 Å². The highest BCUT2D eigenvalue weighted by atomic mass is 35.5. The van der Waals surface area contributed by atoms with Crippen molar-refractivity contribution in [3.63, 3.8) is 0 Å². The van der Waals surface area contributed by atoms with Crippen LogP contribution in [0.5, 0.6) is 17.2 Å². The molecule has 0 bridgehead atoms. The van der Waals surface area contributed by atoms with E-state index >= 15 is 0 Å². The van der Waals surface area contributed by atoms with E-state index in [1.165, 1.54) is 23.3 Å². The number of phenolic OH excluding ortho intramolecular Hbond substituents is 1. The Morgan fingerprint density at radius 2 is 1.88 bits per heavy atom. The summed E-state index contributed by atoms with van der Waals surface area (Å²) in [6.07, 6.45) is 2.00. The molecule has 0 atom stereocenters. The summed E-state index contributed by atoms with van der Waals surface area (Å²) in [6, 6.07) is 20.0. The molecule has 13 heteroatoms. The first-order valence-corrected chi connectivity index (χ1v) is 18.1. The minimum atomic E-state index is -0.404. The molecule has 0 aliphatic carbocycles. The fourth-order valence-corrected chi connectivity index (χ4v) is 7.80. The molecule has 0 radical (unpaired) electrons. The molecule has 3 aromatic carbocycles. The summed E-state index contributed by atoms with van der Waals surface area (Å²) >= 11 is 9.85. The minimum absolute atomic E-state index is 0.0287. The van der Waals surface area contributed by atoms with Crippen LogP contribution < -0.4 is 15.4 Å². The normalized spacial score (nSPS) is 14.1. The summed E-state index contributed by atoms with van der Waals surface area (Å²) < 4.78 is 11.3. The van der Waals surface area contributed by atoms with Gasteiger partial charge in [0.15, 0.2) is 4.96 Å². The summed E-state index contributed by atoms with van der Waals surface area (Å²) in [7, 11) is 0. The molecule has 3 N–H and O–H groups in total. The molecular weight excluding hydrogens is 666 g/mol. The molecule has 1 aliphatic rings. The number of aromatic nitrogens is 4. The van der Waals surface area contributed by atoms with Gasteiger partial charge in [-0.05, 0) is 36.4 Å². The number of para-hydroxylation sites is 1. The highest BCUT2D eigenvalue weighted by molar-refractivity contribution is 7.99. The smallest absolute Gasteiger partial charge is 0.320 e. The van der Waals surface area contributed by atoms with Gasteiger partial charge in [-0.15, -0.1) is 0 Å². The zero-order chi connectivity index (χ0) is 33.4. The van der Waals surface area contributed by atoms with Crippen molar-refractivity contribution in [2.24, 2.45) is 0 Å². The highest BCUT2D eigenvalue weighted by Crippen LogP contribution is 2.34. The molecule has 2 amide bonds. The van der Waals surface area contributed by atoms with E-state index in [0.29, 0.717) is 23.0 Å². The van der Waals surface area contributed by atoms with Crippen molar-refractivity contribution in [2.45, 2.75) is 39.3 Å².